The molecule has 1 aromatic heterocycles. The number of nitriles is 1. The van der Waals surface area contributed by atoms with Crippen LogP contribution >= 0.6 is 0 Å². The minimum atomic E-state index is -0.467. The Kier molecular flexibility index (Phi) is 5.29. The summed E-state index contributed by atoms with van der Waals surface area (Å²) in [5.41, 5.74) is 0.780. The van der Waals surface area contributed by atoms with E-state index in [0.29, 0.717) is 11.6 Å². The van der Waals surface area contributed by atoms with E-state index in [2.05, 4.69) is 33.8 Å². The number of aromatic nitrogens is 2. The van der Waals surface area contributed by atoms with Gasteiger partial charge >= 0.3 is 0 Å². The van der Waals surface area contributed by atoms with Crippen LogP contribution in [0, 0.1) is 17.1 Å². The van der Waals surface area contributed by atoms with Gasteiger partial charge in [0.1, 0.15) is 17.4 Å². The fourth-order valence-corrected chi connectivity index (χ4v) is 3.16. The van der Waals surface area contributed by atoms with Crippen molar-refractivity contribution in [1.29, 1.82) is 5.26 Å². The maximum absolute atomic E-state index is 13.8. The SMILES string of the molecule is CCCc1noc(C(C)N2CCN(c3cccc(F)c3C#N)CC2)n1. The van der Waals surface area contributed by atoms with Crippen molar-refractivity contribution in [3.05, 3.63) is 41.3 Å². The van der Waals surface area contributed by atoms with E-state index < -0.39 is 5.82 Å². The predicted octanol–water partition coefficient (Wildman–Crippen LogP) is 2.92. The van der Waals surface area contributed by atoms with Gasteiger partial charge in [-0.3, -0.25) is 4.90 Å². The molecule has 1 unspecified atom stereocenters. The summed E-state index contributed by atoms with van der Waals surface area (Å²) in [6.45, 7) is 7.15. The van der Waals surface area contributed by atoms with E-state index in [4.69, 9.17) is 4.52 Å². The number of halogens is 1. The molecule has 3 rings (SSSR count). The average molecular weight is 343 g/mol. The second kappa shape index (κ2) is 7.62. The highest BCUT2D eigenvalue weighted by atomic mass is 19.1. The summed E-state index contributed by atoms with van der Waals surface area (Å²) in [4.78, 5) is 8.79. The molecule has 0 aliphatic carbocycles. The first kappa shape index (κ1) is 17.4. The van der Waals surface area contributed by atoms with Crippen LogP contribution in [-0.4, -0.2) is 41.2 Å². The Hall–Kier alpha value is -2.46. The molecule has 1 aliphatic rings. The molecule has 0 amide bonds. The standard InChI is InChI=1S/C18H22FN5O/c1-3-5-17-21-18(25-22-17)13(2)23-8-10-24(11-9-23)16-7-4-6-15(19)14(16)12-20/h4,6-7,13H,3,5,8-11H2,1-2H3. The van der Waals surface area contributed by atoms with E-state index in [0.717, 1.165) is 44.8 Å². The molecule has 0 saturated carbocycles. The van der Waals surface area contributed by atoms with E-state index >= 15 is 0 Å². The molecule has 0 bridgehead atoms. The molecule has 0 spiro atoms. The third-order valence-corrected chi connectivity index (χ3v) is 4.62. The highest BCUT2D eigenvalue weighted by molar-refractivity contribution is 5.60. The molecule has 1 atom stereocenters. The Bertz CT molecular complexity index is 761. The lowest BCUT2D eigenvalue weighted by molar-refractivity contribution is 0.164. The zero-order chi connectivity index (χ0) is 17.8. The summed E-state index contributed by atoms with van der Waals surface area (Å²) >= 11 is 0. The minimum Gasteiger partial charge on any atom is -0.368 e. The summed E-state index contributed by atoms with van der Waals surface area (Å²) in [5, 5.41) is 13.2. The van der Waals surface area contributed by atoms with Gasteiger partial charge < -0.3 is 9.42 Å². The third kappa shape index (κ3) is 3.64. The zero-order valence-electron chi connectivity index (χ0n) is 14.6. The normalized spacial score (nSPS) is 16.6. The zero-order valence-corrected chi connectivity index (χ0v) is 14.6. The molecule has 0 radical (unpaired) electrons. The van der Waals surface area contributed by atoms with Crippen LogP contribution in [0.15, 0.2) is 22.7 Å². The maximum Gasteiger partial charge on any atom is 0.243 e. The van der Waals surface area contributed by atoms with Crippen molar-refractivity contribution in [1.82, 2.24) is 15.0 Å². The lowest BCUT2D eigenvalue weighted by atomic mass is 10.1. The molecular formula is C18H22FN5O. The fourth-order valence-electron chi connectivity index (χ4n) is 3.16. The first-order chi connectivity index (χ1) is 12.1. The molecule has 25 heavy (non-hydrogen) atoms. The number of hydrogen-bond donors (Lipinski definition) is 0. The van der Waals surface area contributed by atoms with Crippen LogP contribution in [0.3, 0.4) is 0 Å². The number of benzene rings is 1. The van der Waals surface area contributed by atoms with Gasteiger partial charge in [0.2, 0.25) is 5.89 Å². The molecule has 1 saturated heterocycles. The van der Waals surface area contributed by atoms with E-state index in [1.807, 2.05) is 6.07 Å². The van der Waals surface area contributed by atoms with Crippen molar-refractivity contribution in [2.75, 3.05) is 31.1 Å². The first-order valence-electron chi connectivity index (χ1n) is 8.64. The Morgan fingerprint density at radius 3 is 2.76 bits per heavy atom. The Morgan fingerprint density at radius 1 is 1.32 bits per heavy atom. The van der Waals surface area contributed by atoms with E-state index in [-0.39, 0.29) is 11.6 Å². The molecule has 6 nitrogen and oxygen atoms in total. The second-order valence-corrected chi connectivity index (χ2v) is 6.24. The third-order valence-electron chi connectivity index (χ3n) is 4.62. The van der Waals surface area contributed by atoms with Crippen LogP contribution in [0.5, 0.6) is 0 Å². The van der Waals surface area contributed by atoms with Crippen LogP contribution in [0.25, 0.3) is 0 Å². The molecule has 2 heterocycles. The van der Waals surface area contributed by atoms with Crippen LogP contribution in [0.1, 0.15) is 43.6 Å². The molecule has 132 valence electrons. The van der Waals surface area contributed by atoms with Crippen molar-refractivity contribution < 1.29 is 8.91 Å². The maximum atomic E-state index is 13.8. The second-order valence-electron chi connectivity index (χ2n) is 6.24. The predicted molar refractivity (Wildman–Crippen MR) is 91.6 cm³/mol. The van der Waals surface area contributed by atoms with Gasteiger partial charge in [-0.25, -0.2) is 4.39 Å². The van der Waals surface area contributed by atoms with E-state index in [1.165, 1.54) is 6.07 Å². The van der Waals surface area contributed by atoms with Gasteiger partial charge in [0.05, 0.1) is 11.7 Å². The Morgan fingerprint density at radius 2 is 2.08 bits per heavy atom. The number of nitrogens with zero attached hydrogens (tertiary/aromatic N) is 5. The smallest absolute Gasteiger partial charge is 0.243 e. The molecule has 1 aromatic carbocycles. The lowest BCUT2D eigenvalue weighted by Crippen LogP contribution is -2.47. The van der Waals surface area contributed by atoms with E-state index in [9.17, 15) is 9.65 Å². The topological polar surface area (TPSA) is 69.2 Å². The number of piperazine rings is 1. The van der Waals surface area contributed by atoms with Gasteiger partial charge in [-0.15, -0.1) is 0 Å². The summed E-state index contributed by atoms with van der Waals surface area (Å²) in [6, 6.07) is 6.79. The fraction of sp³-hybridized carbons (Fsp3) is 0.500. The summed E-state index contributed by atoms with van der Waals surface area (Å²) < 4.78 is 19.2. The summed E-state index contributed by atoms with van der Waals surface area (Å²) in [7, 11) is 0. The quantitative estimate of drug-likeness (QED) is 0.831. The largest absolute Gasteiger partial charge is 0.368 e. The van der Waals surface area contributed by atoms with Crippen LogP contribution in [-0.2, 0) is 6.42 Å². The highest BCUT2D eigenvalue weighted by Crippen LogP contribution is 2.26. The number of anilines is 1. The lowest BCUT2D eigenvalue weighted by Gasteiger charge is -2.38. The van der Waals surface area contributed by atoms with Gasteiger partial charge in [-0.05, 0) is 25.5 Å². The number of aryl methyl sites for hydroxylation is 1. The van der Waals surface area contributed by atoms with Gasteiger partial charge in [-0.2, -0.15) is 10.2 Å². The van der Waals surface area contributed by atoms with Crippen LogP contribution < -0.4 is 4.90 Å². The van der Waals surface area contributed by atoms with Crippen molar-refractivity contribution in [2.24, 2.45) is 0 Å². The monoisotopic (exact) mass is 343 g/mol. The van der Waals surface area contributed by atoms with Gasteiger partial charge in [0, 0.05) is 32.6 Å². The average Bonchev–Trinajstić information content (AvgIpc) is 3.10. The highest BCUT2D eigenvalue weighted by Gasteiger charge is 2.27. The van der Waals surface area contributed by atoms with Crippen molar-refractivity contribution >= 4 is 5.69 Å². The van der Waals surface area contributed by atoms with Crippen molar-refractivity contribution in [3.63, 3.8) is 0 Å². The Labute approximate surface area is 146 Å². The number of rotatable bonds is 5. The summed E-state index contributed by atoms with van der Waals surface area (Å²) in [6.07, 6.45) is 1.81. The van der Waals surface area contributed by atoms with E-state index in [1.54, 1.807) is 12.1 Å². The summed E-state index contributed by atoms with van der Waals surface area (Å²) in [5.74, 6) is 0.923. The molecule has 1 aliphatic heterocycles. The minimum absolute atomic E-state index is 0.0446. The van der Waals surface area contributed by atoms with Crippen molar-refractivity contribution in [3.8, 4) is 6.07 Å². The van der Waals surface area contributed by atoms with Crippen LogP contribution in [0.2, 0.25) is 0 Å². The molecule has 0 N–H and O–H groups in total. The van der Waals surface area contributed by atoms with Crippen molar-refractivity contribution in [2.45, 2.75) is 32.7 Å². The van der Waals surface area contributed by atoms with Crippen LogP contribution in [0.4, 0.5) is 10.1 Å². The van der Waals surface area contributed by atoms with Gasteiger partial charge in [0.15, 0.2) is 5.82 Å². The molecule has 2 aromatic rings. The van der Waals surface area contributed by atoms with Gasteiger partial charge in [-0.1, -0.05) is 18.1 Å². The first-order valence-corrected chi connectivity index (χ1v) is 8.64. The molecule has 7 heteroatoms. The number of hydrogen-bond acceptors (Lipinski definition) is 6. The Balaban J connectivity index is 1.65. The molecular weight excluding hydrogens is 321 g/mol. The van der Waals surface area contributed by atoms with Gasteiger partial charge in [0.25, 0.3) is 0 Å². The molecule has 1 fully saturated rings.